The molecule has 2 amide bonds. The molecule has 4 heterocycles. The second-order valence-electron chi connectivity index (χ2n) is 10.6. The van der Waals surface area contributed by atoms with Gasteiger partial charge < -0.3 is 32.1 Å². The number of carbonyl (C=O) groups excluding carboxylic acids is 2. The van der Waals surface area contributed by atoms with Crippen LogP contribution in [0.1, 0.15) is 43.7 Å². The van der Waals surface area contributed by atoms with Crippen LogP contribution in [0.25, 0.3) is 0 Å². The Hall–Kier alpha value is -4.48. The van der Waals surface area contributed by atoms with Crippen molar-refractivity contribution in [2.75, 3.05) is 19.6 Å². The number of nitrogens with one attached hydrogen (secondary N) is 4. The van der Waals surface area contributed by atoms with Gasteiger partial charge in [-0.25, -0.2) is 10.8 Å². The Bertz CT molecular complexity index is 1340. The maximum Gasteiger partial charge on any atom is 0.253 e. The van der Waals surface area contributed by atoms with Crippen molar-refractivity contribution in [3.63, 3.8) is 0 Å². The lowest BCUT2D eigenvalue weighted by atomic mass is 9.88. The highest BCUT2D eigenvalue weighted by molar-refractivity contribution is 6.29. The molecule has 4 aliphatic heterocycles. The smallest absolute Gasteiger partial charge is 0.253 e. The van der Waals surface area contributed by atoms with Crippen molar-refractivity contribution in [3.05, 3.63) is 58.7 Å². The number of allylic oxidation sites excluding steroid dienone is 1. The number of rotatable bonds is 8. The van der Waals surface area contributed by atoms with Gasteiger partial charge in [-0.1, -0.05) is 52.4 Å². The van der Waals surface area contributed by atoms with Gasteiger partial charge in [-0.15, -0.1) is 15.7 Å². The molecule has 0 bridgehead atoms. The molecular weight excluding hydrogens is 580 g/mol. The van der Waals surface area contributed by atoms with Crippen LogP contribution in [-0.2, 0) is 14.4 Å². The van der Waals surface area contributed by atoms with E-state index in [-0.39, 0.29) is 28.9 Å². The van der Waals surface area contributed by atoms with Crippen molar-refractivity contribution in [2.45, 2.75) is 55.9 Å². The fraction of sp³-hybridized carbons (Fsp3) is 0.480. The van der Waals surface area contributed by atoms with Crippen LogP contribution in [0.3, 0.4) is 0 Å². The average molecular weight is 615 g/mol. The third-order valence-electron chi connectivity index (χ3n) is 7.73. The number of nitrogens with zero attached hydrogens (tertiary/aromatic N) is 7. The standard InChI is InChI=1S/C25H35ClN14O3/c26-20-22(35-38-28)31-21(34-37-27)19(30-20)23(42)32-24-33-25(14-40(24)29)9-11-39(12-10-25)18(41)8-4-7-16-13-17(36-43-16)15-5-2-1-3-6-15/h1-3,5-6,13,17,19,21,30-31,36H,4,7-12,14,29H2,(H2,27,34)(H2,28,35)(H,32,33,42). The van der Waals surface area contributed by atoms with Crippen LogP contribution >= 0.6 is 11.6 Å². The third kappa shape index (κ3) is 6.95. The second-order valence-corrected chi connectivity index (χ2v) is 11.0. The lowest BCUT2D eigenvalue weighted by molar-refractivity contribution is -0.132. The van der Waals surface area contributed by atoms with Crippen molar-refractivity contribution in [1.29, 1.82) is 0 Å². The molecule has 0 aromatic heterocycles. The summed E-state index contributed by atoms with van der Waals surface area (Å²) in [7, 11) is 0. The molecule has 1 aromatic carbocycles. The van der Waals surface area contributed by atoms with E-state index in [2.05, 4.69) is 48.2 Å². The molecule has 0 saturated carbocycles. The molecule has 1 spiro atoms. The number of aliphatic imine (C=N–C) groups is 1. The number of hydrogen-bond acceptors (Lipinski definition) is 13. The summed E-state index contributed by atoms with van der Waals surface area (Å²) < 4.78 is 0. The van der Waals surface area contributed by atoms with Crippen molar-refractivity contribution >= 4 is 29.4 Å². The minimum absolute atomic E-state index is 0.00448. The summed E-state index contributed by atoms with van der Waals surface area (Å²) in [6.07, 6.45) is 4.10. The number of hydroxylamine groups is 1. The highest BCUT2D eigenvalue weighted by Gasteiger charge is 2.43. The van der Waals surface area contributed by atoms with Crippen LogP contribution in [0.15, 0.2) is 78.8 Å². The molecule has 3 unspecified atom stereocenters. The van der Waals surface area contributed by atoms with Crippen molar-refractivity contribution in [1.82, 2.24) is 31.3 Å². The van der Waals surface area contributed by atoms with E-state index < -0.39 is 23.7 Å². The largest absolute Gasteiger partial charge is 0.413 e. The van der Waals surface area contributed by atoms with Gasteiger partial charge >= 0.3 is 0 Å². The van der Waals surface area contributed by atoms with Gasteiger partial charge in [0.2, 0.25) is 11.9 Å². The number of carbonyl (C=O) groups is 2. The molecule has 0 radical (unpaired) electrons. The van der Waals surface area contributed by atoms with E-state index in [4.69, 9.17) is 39.0 Å². The number of piperidine rings is 1. The molecule has 0 aliphatic carbocycles. The molecule has 4 aliphatic rings. The normalized spacial score (nSPS) is 25.0. The van der Waals surface area contributed by atoms with Gasteiger partial charge in [-0.2, -0.15) is 0 Å². The number of nitrogens with two attached hydrogens (primary N) is 3. The number of benzene rings is 1. The summed E-state index contributed by atoms with van der Waals surface area (Å²) in [6, 6.07) is 9.03. The average Bonchev–Trinajstić information content (AvgIpc) is 3.59. The lowest BCUT2D eigenvalue weighted by Crippen LogP contribution is -2.60. The summed E-state index contributed by atoms with van der Waals surface area (Å²) in [6.45, 7) is 1.48. The second kappa shape index (κ2) is 13.2. The van der Waals surface area contributed by atoms with Gasteiger partial charge in [0.1, 0.15) is 17.0 Å². The van der Waals surface area contributed by atoms with Gasteiger partial charge in [0.25, 0.3) is 5.91 Å². The summed E-state index contributed by atoms with van der Waals surface area (Å²) >= 11 is 6.16. The molecular formula is C25H35ClN14O3. The number of halogens is 1. The Labute approximate surface area is 252 Å². The summed E-state index contributed by atoms with van der Waals surface area (Å²) in [5.41, 5.74) is 3.63. The number of amides is 2. The van der Waals surface area contributed by atoms with E-state index in [1.165, 1.54) is 5.01 Å². The maximum absolute atomic E-state index is 13.1. The Morgan fingerprint density at radius 3 is 2.65 bits per heavy atom. The minimum atomic E-state index is -1.02. The van der Waals surface area contributed by atoms with Crippen molar-refractivity contribution in [3.8, 4) is 0 Å². The molecule has 18 heteroatoms. The predicted octanol–water partition coefficient (Wildman–Crippen LogP) is 0.244. The van der Waals surface area contributed by atoms with Crippen LogP contribution in [0.2, 0.25) is 0 Å². The van der Waals surface area contributed by atoms with Gasteiger partial charge in [-0.05, 0) is 30.9 Å². The first kappa shape index (κ1) is 30.0. The van der Waals surface area contributed by atoms with Crippen molar-refractivity contribution < 1.29 is 14.4 Å². The van der Waals surface area contributed by atoms with E-state index in [9.17, 15) is 9.59 Å². The highest BCUT2D eigenvalue weighted by atomic mass is 35.5. The SMILES string of the molecule is NN=NC1=C(Cl)NC(C(=O)NC2=NC3(CCN(C(=O)CCCC4=CC(c5ccccc5)NO4)CC3)CN2N)C(N=NN)N1. The topological polar surface area (TPSA) is 238 Å². The number of hydrogen-bond donors (Lipinski definition) is 7. The predicted molar refractivity (Wildman–Crippen MR) is 155 cm³/mol. The van der Waals surface area contributed by atoms with Crippen molar-refractivity contribution in [2.24, 2.45) is 43.2 Å². The van der Waals surface area contributed by atoms with Gasteiger partial charge in [0.05, 0.1) is 18.1 Å². The van der Waals surface area contributed by atoms with Crippen LogP contribution in [0.5, 0.6) is 0 Å². The molecule has 1 fully saturated rings. The zero-order valence-electron chi connectivity index (χ0n) is 23.3. The third-order valence-corrected chi connectivity index (χ3v) is 8.01. The fourth-order valence-corrected chi connectivity index (χ4v) is 5.66. The molecule has 1 saturated heterocycles. The zero-order chi connectivity index (χ0) is 30.4. The Balaban J connectivity index is 1.11. The molecule has 1 aromatic rings. The highest BCUT2D eigenvalue weighted by Crippen LogP contribution is 2.32. The summed E-state index contributed by atoms with van der Waals surface area (Å²) in [5, 5.41) is 23.6. The van der Waals surface area contributed by atoms with Gasteiger partial charge in [0.15, 0.2) is 12.0 Å². The van der Waals surface area contributed by atoms with Crippen LogP contribution in [0.4, 0.5) is 0 Å². The first-order valence-corrected chi connectivity index (χ1v) is 14.2. The first-order valence-electron chi connectivity index (χ1n) is 13.8. The van der Waals surface area contributed by atoms with Gasteiger partial charge in [0, 0.05) is 25.9 Å². The quantitative estimate of drug-likeness (QED) is 0.0911. The van der Waals surface area contributed by atoms with Crippen LogP contribution in [-0.4, -0.2) is 65.1 Å². The molecule has 5 rings (SSSR count). The van der Waals surface area contributed by atoms with E-state index in [0.29, 0.717) is 51.7 Å². The minimum Gasteiger partial charge on any atom is -0.413 e. The molecule has 10 N–H and O–H groups in total. The zero-order valence-corrected chi connectivity index (χ0v) is 24.1. The van der Waals surface area contributed by atoms with Gasteiger partial charge in [-0.3, -0.25) is 19.9 Å². The van der Waals surface area contributed by atoms with E-state index in [1.54, 1.807) is 0 Å². The maximum atomic E-state index is 13.1. The van der Waals surface area contributed by atoms with E-state index in [1.807, 2.05) is 35.2 Å². The first-order chi connectivity index (χ1) is 20.8. The Morgan fingerprint density at radius 2 is 1.93 bits per heavy atom. The number of hydrazine groups is 1. The lowest BCUT2D eigenvalue weighted by Gasteiger charge is -2.37. The number of likely N-dealkylation sites (tertiary alicyclic amines) is 1. The van der Waals surface area contributed by atoms with E-state index >= 15 is 0 Å². The molecule has 17 nitrogen and oxygen atoms in total. The Morgan fingerprint density at radius 1 is 1.16 bits per heavy atom. The van der Waals surface area contributed by atoms with Crippen LogP contribution < -0.4 is 39.0 Å². The summed E-state index contributed by atoms with van der Waals surface area (Å²) in [4.78, 5) is 38.3. The molecule has 230 valence electrons. The monoisotopic (exact) mass is 614 g/mol. The fourth-order valence-electron chi connectivity index (χ4n) is 5.45. The number of guanidine groups is 1. The summed E-state index contributed by atoms with van der Waals surface area (Å²) in [5.74, 6) is 17.2. The Kier molecular flexibility index (Phi) is 9.22. The van der Waals surface area contributed by atoms with Crippen LogP contribution in [0, 0.1) is 0 Å². The molecule has 43 heavy (non-hydrogen) atoms. The molecule has 3 atom stereocenters. The van der Waals surface area contributed by atoms with E-state index in [0.717, 1.165) is 11.3 Å².